The van der Waals surface area contributed by atoms with Gasteiger partial charge in [-0.05, 0) is 212 Å². The fourth-order valence-electron chi connectivity index (χ4n) is 16.2. The van der Waals surface area contributed by atoms with Gasteiger partial charge in [0.05, 0.1) is 23.9 Å². The Hall–Kier alpha value is -11.8. The van der Waals surface area contributed by atoms with Crippen LogP contribution in [0.2, 0.25) is 0 Å². The Kier molecular flexibility index (Phi) is 25.1. The molecule has 6 heterocycles. The number of aromatic hydroxyl groups is 2. The fourth-order valence-corrected chi connectivity index (χ4v) is 16.2. The molecule has 12 heteroatoms. The predicted octanol–water partition coefficient (Wildman–Crippen LogP) is 23.8. The standard InChI is InChI=1S/C56H48BN2O2.C53H50BN2O2.2Pt/c1-55(2,3)42-30-40(31-43(35-42)56(4,5)6)41-33-49(59-50(34-41)46-24-13-14-25-51(46)60)39-22-17-23-44(32-39)57(52-26-15-16-28-58-52)53-48(38-20-11-8-12-21-38)36-47(37-18-9-7-10-19-37)45-27-29-61-54(45)53;1-34(2)44-33-45(35-17-10-9-11-18-35)42-24-26-58-51(42)50(44)54(49-23-14-15-25-55-49)41-20-16-19-36(29-41)46-30-38(31-47(56-46)43-21-12-13-22-48(43)57)37-27-39(52(3,4)5)32-40(28-37)53(6,7)8;;/h7-31,33-36,60H,1-6H3;9-28,30-34,57H,1-8H3;;/q2*-1;;. The van der Waals surface area contributed by atoms with Crippen LogP contribution in [-0.4, -0.2) is 43.6 Å². The molecule has 0 fully saturated rings. The Bertz CT molecular complexity index is 6480. The molecule has 0 bridgehead atoms. The number of phenols is 2. The number of nitrogens with zero attached hydrogens (tertiary/aromatic N) is 4. The summed E-state index contributed by atoms with van der Waals surface area (Å²) in [6, 6.07) is 110. The topological polar surface area (TPSA) is 118 Å². The molecule has 11 aromatic carbocycles. The Morgan fingerprint density at radius 3 is 1.04 bits per heavy atom. The summed E-state index contributed by atoms with van der Waals surface area (Å²) in [6.45, 7) is 31.0. The van der Waals surface area contributed by atoms with E-state index in [9.17, 15) is 10.2 Å². The van der Waals surface area contributed by atoms with Crippen LogP contribution in [0.25, 0.3) is 123 Å². The fraction of sp³-hybridized carbons (Fsp3) is 0.174. The normalized spacial score (nSPS) is 11.7. The van der Waals surface area contributed by atoms with E-state index >= 15 is 0 Å². The van der Waals surface area contributed by atoms with Gasteiger partial charge in [0, 0.05) is 87.6 Å². The second-order valence-corrected chi connectivity index (χ2v) is 35.7. The number of phenolic OH excluding ortho intramolecular Hbond substituents is 2. The maximum absolute atomic E-state index is 11.2. The van der Waals surface area contributed by atoms with E-state index in [-0.39, 0.29) is 94.6 Å². The van der Waals surface area contributed by atoms with Gasteiger partial charge < -0.3 is 19.0 Å². The molecule has 6 aromatic heterocycles. The van der Waals surface area contributed by atoms with Crippen LogP contribution in [0.5, 0.6) is 11.5 Å². The molecule has 0 spiro atoms. The summed E-state index contributed by atoms with van der Waals surface area (Å²) in [6.07, 6.45) is 7.31. The van der Waals surface area contributed by atoms with Crippen molar-refractivity contribution in [3.8, 4) is 112 Å². The van der Waals surface area contributed by atoms with E-state index in [1.165, 1.54) is 27.8 Å². The smallest absolute Gasteiger partial charge is 0.252 e. The van der Waals surface area contributed by atoms with Crippen molar-refractivity contribution in [1.82, 2.24) is 19.9 Å². The summed E-state index contributed by atoms with van der Waals surface area (Å²) in [4.78, 5) is 20.5. The van der Waals surface area contributed by atoms with E-state index in [1.54, 1.807) is 24.7 Å². The molecule has 2 N–H and O–H groups in total. The van der Waals surface area contributed by atoms with Crippen molar-refractivity contribution in [2.75, 3.05) is 0 Å². The number of rotatable bonds is 16. The van der Waals surface area contributed by atoms with E-state index in [0.717, 1.165) is 133 Å². The maximum atomic E-state index is 11.2. The molecule has 0 aliphatic rings. The van der Waals surface area contributed by atoms with E-state index in [4.69, 9.17) is 28.8 Å². The minimum atomic E-state index is -0.353. The molecule has 0 radical (unpaired) electrons. The van der Waals surface area contributed by atoms with Crippen molar-refractivity contribution < 1.29 is 61.2 Å². The number of hydrogen-bond acceptors (Lipinski definition) is 8. The first-order valence-electron chi connectivity index (χ1n) is 41.2. The van der Waals surface area contributed by atoms with Crippen molar-refractivity contribution >= 4 is 68.4 Å². The minimum Gasteiger partial charge on any atom is -0.507 e. The molecule has 0 saturated heterocycles. The number of benzene rings is 11. The molecule has 0 unspecified atom stereocenters. The Morgan fingerprint density at radius 1 is 0.314 bits per heavy atom. The molecule has 0 aliphatic heterocycles. The first kappa shape index (κ1) is 85.6. The molecular formula is C109H98B2N4O4Pt2-2. The van der Waals surface area contributed by atoms with Gasteiger partial charge in [0.15, 0.2) is 0 Å². The molecule has 17 rings (SSSR count). The van der Waals surface area contributed by atoms with Crippen LogP contribution in [0.4, 0.5) is 0 Å². The SMILES string of the molecule is CC(C)(C)c1cc(-c2cc(-c3[c-]c(B(c4ccccn4)c4c(-c5ccccc5)cc(-c5ccccc5)c5ccoc45)ccc3)nc(-c3ccccc3O)c2)cc(C(C)(C)C)c1.CC(C)c1cc(-c2ccccc2)c2ccoc2c1B(c1[c-]c(-c2cc(-c3cc(C(C)(C)C)cc(C(C)(C)C)c3)cc(-c3ccccc3O)n2)ccc1)c1ccccn1.[Pt].[Pt]. The summed E-state index contributed by atoms with van der Waals surface area (Å²) in [5.74, 6) is 0.565. The number of furan rings is 2. The van der Waals surface area contributed by atoms with Crippen molar-refractivity contribution in [3.05, 3.63) is 362 Å². The minimum absolute atomic E-state index is 0. The van der Waals surface area contributed by atoms with Crippen LogP contribution >= 0.6 is 0 Å². The van der Waals surface area contributed by atoms with Gasteiger partial charge in [-0.2, -0.15) is 10.9 Å². The Labute approximate surface area is 742 Å². The van der Waals surface area contributed by atoms with Crippen molar-refractivity contribution in [2.45, 2.75) is 125 Å². The average molecular weight is 1940 g/mol. The third kappa shape index (κ3) is 18.3. The van der Waals surface area contributed by atoms with E-state index < -0.39 is 0 Å². The first-order valence-corrected chi connectivity index (χ1v) is 41.2. The zero-order valence-corrected chi connectivity index (χ0v) is 75.5. The first-order chi connectivity index (χ1) is 57.2. The van der Waals surface area contributed by atoms with Crippen LogP contribution in [0, 0.1) is 12.1 Å². The largest absolute Gasteiger partial charge is 0.507 e. The molecule has 17 aromatic rings. The third-order valence-electron chi connectivity index (χ3n) is 22.8. The van der Waals surface area contributed by atoms with Crippen LogP contribution in [0.3, 0.4) is 0 Å². The molecule has 0 saturated carbocycles. The summed E-state index contributed by atoms with van der Waals surface area (Å²) in [5.41, 5.74) is 30.3. The second kappa shape index (κ2) is 35.5. The molecule has 0 aliphatic carbocycles. The van der Waals surface area contributed by atoms with Crippen molar-refractivity contribution in [2.24, 2.45) is 0 Å². The molecular weight excluding hydrogens is 1840 g/mol. The molecule has 0 atom stereocenters. The number of aromatic nitrogens is 4. The molecule has 606 valence electrons. The predicted molar refractivity (Wildman–Crippen MR) is 498 cm³/mol. The van der Waals surface area contributed by atoms with E-state index in [0.29, 0.717) is 22.5 Å². The van der Waals surface area contributed by atoms with Gasteiger partial charge in [-0.3, -0.25) is 19.9 Å². The van der Waals surface area contributed by atoms with Crippen LogP contribution < -0.4 is 33.0 Å². The van der Waals surface area contributed by atoms with Gasteiger partial charge in [-0.15, -0.1) is 59.7 Å². The van der Waals surface area contributed by atoms with Crippen LogP contribution in [-0.2, 0) is 63.8 Å². The quantitative estimate of drug-likeness (QED) is 0.0725. The van der Waals surface area contributed by atoms with Crippen LogP contribution in [0.1, 0.15) is 131 Å². The zero-order valence-electron chi connectivity index (χ0n) is 71.0. The number of pyridine rings is 4. The number of fused-ring (bicyclic) bond motifs is 2. The summed E-state index contributed by atoms with van der Waals surface area (Å²) < 4.78 is 13.0. The molecule has 0 amide bonds. The third-order valence-corrected chi connectivity index (χ3v) is 22.8. The van der Waals surface area contributed by atoms with Gasteiger partial charge >= 0.3 is 0 Å². The number of para-hydroxylation sites is 2. The number of hydrogen-bond donors (Lipinski definition) is 2. The van der Waals surface area contributed by atoms with Crippen molar-refractivity contribution in [1.29, 1.82) is 0 Å². The summed E-state index contributed by atoms with van der Waals surface area (Å²) in [5, 5.41) is 24.4. The average Bonchev–Trinajstić information content (AvgIpc) is 1.71. The Balaban J connectivity index is 0.000000195. The second-order valence-electron chi connectivity index (χ2n) is 35.7. The van der Waals surface area contributed by atoms with E-state index in [1.807, 2.05) is 85.2 Å². The molecule has 121 heavy (non-hydrogen) atoms. The van der Waals surface area contributed by atoms with Gasteiger partial charge in [0.2, 0.25) is 0 Å². The Morgan fingerprint density at radius 2 is 0.661 bits per heavy atom. The zero-order chi connectivity index (χ0) is 83.1. The van der Waals surface area contributed by atoms with Crippen molar-refractivity contribution in [3.63, 3.8) is 0 Å². The monoisotopic (exact) mass is 1940 g/mol. The summed E-state index contributed by atoms with van der Waals surface area (Å²) in [7, 11) is 0. The van der Waals surface area contributed by atoms with Crippen LogP contribution in [0.15, 0.2) is 331 Å². The summed E-state index contributed by atoms with van der Waals surface area (Å²) >= 11 is 0. The molecule has 8 nitrogen and oxygen atoms in total. The van der Waals surface area contributed by atoms with Gasteiger partial charge in [-0.1, -0.05) is 279 Å². The van der Waals surface area contributed by atoms with Gasteiger partial charge in [0.25, 0.3) is 13.4 Å². The van der Waals surface area contributed by atoms with Gasteiger partial charge in [-0.25, -0.2) is 0 Å². The van der Waals surface area contributed by atoms with Gasteiger partial charge in [0.1, 0.15) is 22.7 Å². The maximum Gasteiger partial charge on any atom is 0.252 e. The van der Waals surface area contributed by atoms with E-state index in [2.05, 4.69) is 321 Å².